The second kappa shape index (κ2) is 22.7. The predicted molar refractivity (Wildman–Crippen MR) is 54.9 cm³/mol. The number of nitriles is 2. The van der Waals surface area contributed by atoms with Crippen molar-refractivity contribution in [1.82, 2.24) is 0 Å². The van der Waals surface area contributed by atoms with Crippen LogP contribution in [0, 0.1) is 22.7 Å². The Morgan fingerprint density at radius 3 is 1.29 bits per heavy atom. The lowest BCUT2D eigenvalue weighted by molar-refractivity contribution is -0.0453. The van der Waals surface area contributed by atoms with Crippen LogP contribution in [0.25, 0.3) is 0 Å². The zero-order valence-corrected chi connectivity index (χ0v) is 9.19. The van der Waals surface area contributed by atoms with E-state index in [2.05, 4.69) is 0 Å². The van der Waals surface area contributed by atoms with E-state index < -0.39 is 6.29 Å². The molecule has 0 amide bonds. The van der Waals surface area contributed by atoms with Crippen LogP contribution in [-0.2, 0) is 0 Å². The first kappa shape index (κ1) is 18.6. The first-order valence-electron chi connectivity index (χ1n) is 4.70. The van der Waals surface area contributed by atoms with Gasteiger partial charge in [-0.25, -0.2) is 0 Å². The Hall–Kier alpha value is -1.10. The number of aliphatic hydroxyl groups excluding tert-OH is 1. The van der Waals surface area contributed by atoms with Crippen molar-refractivity contribution in [2.45, 2.75) is 52.7 Å². The molecule has 82 valence electrons. The summed E-state index contributed by atoms with van der Waals surface area (Å²) in [4.78, 5) is 0. The molecule has 0 rings (SSSR count). The molecular formula is C10H20N2O2. The lowest BCUT2D eigenvalue weighted by atomic mass is 10.3. The Morgan fingerprint density at radius 2 is 1.29 bits per heavy atom. The maximum atomic E-state index is 8.11. The van der Waals surface area contributed by atoms with Crippen LogP contribution in [0.5, 0.6) is 0 Å². The highest BCUT2D eigenvalue weighted by Gasteiger charge is 1.89. The number of hydrogen-bond acceptors (Lipinski definition) is 4. The van der Waals surface area contributed by atoms with Gasteiger partial charge in [0.05, 0.1) is 12.1 Å². The molecule has 0 aliphatic heterocycles. The second-order valence-electron chi connectivity index (χ2n) is 2.29. The third-order valence-corrected chi connectivity index (χ3v) is 0.863. The van der Waals surface area contributed by atoms with Crippen LogP contribution in [0.4, 0.5) is 0 Å². The van der Waals surface area contributed by atoms with Crippen molar-refractivity contribution >= 4 is 0 Å². The van der Waals surface area contributed by atoms with Crippen molar-refractivity contribution in [2.75, 3.05) is 0 Å². The average molecular weight is 200 g/mol. The van der Waals surface area contributed by atoms with Gasteiger partial charge in [-0.05, 0) is 6.42 Å². The summed E-state index contributed by atoms with van der Waals surface area (Å²) in [5.41, 5.74) is 0. The highest BCUT2D eigenvalue weighted by atomic mass is 16.5. The van der Waals surface area contributed by atoms with Crippen molar-refractivity contribution < 1.29 is 10.2 Å². The van der Waals surface area contributed by atoms with Crippen molar-refractivity contribution in [3.63, 3.8) is 0 Å². The highest BCUT2D eigenvalue weighted by molar-refractivity contribution is 4.62. The van der Waals surface area contributed by atoms with E-state index in [9.17, 15) is 0 Å². The van der Waals surface area contributed by atoms with Crippen LogP contribution in [0.2, 0.25) is 0 Å². The number of rotatable bonds is 2. The third-order valence-electron chi connectivity index (χ3n) is 0.863. The number of nitrogens with zero attached hydrogens (tertiary/aromatic N) is 2. The summed E-state index contributed by atoms with van der Waals surface area (Å²) in [6.45, 7) is 5.54. The fraction of sp³-hybridized carbons (Fsp3) is 0.800. The smallest absolute Gasteiger partial charge is 0.151 e. The molecule has 0 atom stereocenters. The van der Waals surface area contributed by atoms with Gasteiger partial charge in [0.2, 0.25) is 0 Å². The Labute approximate surface area is 86.4 Å². The molecule has 0 saturated heterocycles. The van der Waals surface area contributed by atoms with E-state index in [1.807, 2.05) is 32.9 Å². The summed E-state index contributed by atoms with van der Waals surface area (Å²) in [6.07, 6.45) is 1.47. The van der Waals surface area contributed by atoms with Crippen molar-refractivity contribution in [2.24, 2.45) is 0 Å². The van der Waals surface area contributed by atoms with E-state index in [0.29, 0.717) is 19.3 Å². The molecule has 0 unspecified atom stereocenters. The topological polar surface area (TPSA) is 88.0 Å². The van der Waals surface area contributed by atoms with Crippen LogP contribution >= 0.6 is 0 Å². The van der Waals surface area contributed by atoms with Gasteiger partial charge in [-0.2, -0.15) is 10.5 Å². The number of aliphatic hydroxyl groups is 2. The summed E-state index contributed by atoms with van der Waals surface area (Å²) in [5, 5.41) is 31.5. The fourth-order valence-corrected chi connectivity index (χ4v) is 0.258. The van der Waals surface area contributed by atoms with Gasteiger partial charge in [-0.15, -0.1) is 0 Å². The minimum Gasteiger partial charge on any atom is -0.368 e. The van der Waals surface area contributed by atoms with E-state index in [-0.39, 0.29) is 0 Å². The van der Waals surface area contributed by atoms with E-state index >= 15 is 0 Å². The Morgan fingerprint density at radius 1 is 1.00 bits per heavy atom. The molecule has 0 bridgehead atoms. The Bertz CT molecular complexity index is 142. The molecule has 0 spiro atoms. The van der Waals surface area contributed by atoms with E-state index in [0.717, 1.165) is 6.42 Å². The minimum absolute atomic E-state index is 0.486. The SMILES string of the molecule is CCC#N.CCC#N.CCCC(O)O. The van der Waals surface area contributed by atoms with Crippen LogP contribution in [0.1, 0.15) is 46.5 Å². The van der Waals surface area contributed by atoms with Gasteiger partial charge in [0, 0.05) is 12.8 Å². The maximum absolute atomic E-state index is 8.11. The molecule has 4 nitrogen and oxygen atoms in total. The van der Waals surface area contributed by atoms with Crippen LogP contribution in [0.3, 0.4) is 0 Å². The zero-order chi connectivity index (χ0) is 11.8. The highest BCUT2D eigenvalue weighted by Crippen LogP contribution is 1.88. The quantitative estimate of drug-likeness (QED) is 0.667. The lowest BCUT2D eigenvalue weighted by Gasteiger charge is -1.94. The predicted octanol–water partition coefficient (Wildman–Crippen LogP) is 1.94. The minimum atomic E-state index is -1.10. The number of hydrogen-bond donors (Lipinski definition) is 2. The van der Waals surface area contributed by atoms with Gasteiger partial charge in [0.1, 0.15) is 0 Å². The molecule has 0 radical (unpaired) electrons. The van der Waals surface area contributed by atoms with E-state index in [1.54, 1.807) is 0 Å². The van der Waals surface area contributed by atoms with Crippen LogP contribution in [0.15, 0.2) is 0 Å². The zero-order valence-electron chi connectivity index (χ0n) is 9.19. The summed E-state index contributed by atoms with van der Waals surface area (Å²) in [7, 11) is 0. The molecule has 0 aliphatic carbocycles. The largest absolute Gasteiger partial charge is 0.368 e. The summed E-state index contributed by atoms with van der Waals surface area (Å²) >= 11 is 0. The summed E-state index contributed by atoms with van der Waals surface area (Å²) < 4.78 is 0. The van der Waals surface area contributed by atoms with Gasteiger partial charge < -0.3 is 10.2 Å². The third kappa shape index (κ3) is 70.2. The summed E-state index contributed by atoms with van der Waals surface area (Å²) in [5.74, 6) is 0. The molecular weight excluding hydrogens is 180 g/mol. The molecule has 0 heterocycles. The molecule has 0 fully saturated rings. The molecule has 4 heteroatoms. The van der Waals surface area contributed by atoms with Gasteiger partial charge in [-0.3, -0.25) is 0 Å². The van der Waals surface area contributed by atoms with E-state index in [1.165, 1.54) is 0 Å². The Kier molecular flexibility index (Phi) is 30.2. The van der Waals surface area contributed by atoms with Crippen molar-refractivity contribution in [3.8, 4) is 12.1 Å². The van der Waals surface area contributed by atoms with Gasteiger partial charge in [0.25, 0.3) is 0 Å². The summed E-state index contributed by atoms with van der Waals surface area (Å²) in [6, 6.07) is 3.86. The van der Waals surface area contributed by atoms with Gasteiger partial charge in [-0.1, -0.05) is 27.2 Å². The monoisotopic (exact) mass is 200 g/mol. The molecule has 0 aromatic heterocycles. The standard InChI is InChI=1S/C4H10O2.2C3H5N/c1-2-3-4(5)6;2*1-2-3-4/h4-6H,2-3H2,1H3;2*2H2,1H3. The first-order valence-corrected chi connectivity index (χ1v) is 4.70. The average Bonchev–Trinajstić information content (AvgIpc) is 2.18. The van der Waals surface area contributed by atoms with Crippen LogP contribution in [-0.4, -0.2) is 16.5 Å². The Balaban J connectivity index is -0.000000135. The molecule has 0 aliphatic rings. The van der Waals surface area contributed by atoms with Crippen LogP contribution < -0.4 is 0 Å². The molecule has 2 N–H and O–H groups in total. The van der Waals surface area contributed by atoms with E-state index in [4.69, 9.17) is 20.7 Å². The molecule has 0 aromatic carbocycles. The van der Waals surface area contributed by atoms with Crippen molar-refractivity contribution in [3.05, 3.63) is 0 Å². The van der Waals surface area contributed by atoms with Gasteiger partial charge >= 0.3 is 0 Å². The maximum Gasteiger partial charge on any atom is 0.151 e. The molecule has 0 aromatic rings. The van der Waals surface area contributed by atoms with Gasteiger partial charge in [0.15, 0.2) is 6.29 Å². The van der Waals surface area contributed by atoms with Crippen molar-refractivity contribution in [1.29, 1.82) is 10.5 Å². The second-order valence-corrected chi connectivity index (χ2v) is 2.29. The first-order chi connectivity index (χ1) is 6.60. The molecule has 0 saturated carbocycles. The molecule has 14 heavy (non-hydrogen) atoms. The normalized spacial score (nSPS) is 7.14. The lowest BCUT2D eigenvalue weighted by Crippen LogP contribution is -2.01. The fourth-order valence-electron chi connectivity index (χ4n) is 0.258.